The van der Waals surface area contributed by atoms with Gasteiger partial charge in [0.25, 0.3) is 0 Å². The van der Waals surface area contributed by atoms with E-state index < -0.39 is 12.2 Å². The average Bonchev–Trinajstić information content (AvgIpc) is 2.53. The van der Waals surface area contributed by atoms with Crippen LogP contribution in [0.15, 0.2) is 27.4 Å². The summed E-state index contributed by atoms with van der Waals surface area (Å²) in [6.07, 6.45) is 1.62. The van der Waals surface area contributed by atoms with Gasteiger partial charge in [-0.3, -0.25) is 0 Å². The van der Waals surface area contributed by atoms with Gasteiger partial charge in [0.05, 0.1) is 6.10 Å². The van der Waals surface area contributed by atoms with Crippen LogP contribution >= 0.6 is 12.4 Å². The van der Waals surface area contributed by atoms with E-state index in [0.717, 1.165) is 42.2 Å². The van der Waals surface area contributed by atoms with E-state index >= 15 is 0 Å². The highest BCUT2D eigenvalue weighted by Gasteiger charge is 2.25. The number of fused-ring (bicyclic) bond motifs is 3. The zero-order valence-corrected chi connectivity index (χ0v) is 14.8. The number of halogens is 1. The SMILES string of the molecule is CN(C)CC(O)C(O)c1cccc2oc(=O)c3c(c12)CCCC3.Cl. The molecule has 1 aromatic heterocycles. The number of rotatable bonds is 4. The lowest BCUT2D eigenvalue weighted by molar-refractivity contribution is 0.00501. The van der Waals surface area contributed by atoms with Crippen LogP contribution in [0.3, 0.4) is 0 Å². The second kappa shape index (κ2) is 7.66. The minimum Gasteiger partial charge on any atom is -0.422 e. The van der Waals surface area contributed by atoms with Crippen molar-refractivity contribution in [3.8, 4) is 0 Å². The number of aliphatic hydroxyl groups is 2. The minimum atomic E-state index is -1.01. The van der Waals surface area contributed by atoms with Crippen molar-refractivity contribution in [2.24, 2.45) is 0 Å². The summed E-state index contributed by atoms with van der Waals surface area (Å²) in [6.45, 7) is 0.358. The van der Waals surface area contributed by atoms with Crippen LogP contribution < -0.4 is 5.63 Å². The molecule has 1 heterocycles. The van der Waals surface area contributed by atoms with Gasteiger partial charge in [-0.1, -0.05) is 12.1 Å². The largest absolute Gasteiger partial charge is 0.422 e. The molecule has 2 aromatic rings. The van der Waals surface area contributed by atoms with Gasteiger partial charge in [0.1, 0.15) is 11.7 Å². The van der Waals surface area contributed by atoms with Crippen LogP contribution in [0.5, 0.6) is 0 Å². The molecule has 1 aliphatic carbocycles. The Kier molecular flexibility index (Phi) is 6.04. The van der Waals surface area contributed by atoms with Crippen LogP contribution in [0.1, 0.15) is 35.6 Å². The Hall–Kier alpha value is -1.40. The molecule has 0 aliphatic heterocycles. The highest BCUT2D eigenvalue weighted by Crippen LogP contribution is 2.33. The van der Waals surface area contributed by atoms with Crippen LogP contribution in [-0.4, -0.2) is 41.9 Å². The number of nitrogens with zero attached hydrogens (tertiary/aromatic N) is 1. The van der Waals surface area contributed by atoms with Gasteiger partial charge in [-0.2, -0.15) is 0 Å². The molecule has 2 N–H and O–H groups in total. The van der Waals surface area contributed by atoms with E-state index in [-0.39, 0.29) is 18.0 Å². The van der Waals surface area contributed by atoms with Gasteiger partial charge in [-0.05, 0) is 57.0 Å². The summed E-state index contributed by atoms with van der Waals surface area (Å²) in [7, 11) is 3.69. The molecule has 2 unspecified atom stereocenters. The number of hydrogen-bond acceptors (Lipinski definition) is 5. The van der Waals surface area contributed by atoms with Crippen molar-refractivity contribution >= 4 is 23.4 Å². The van der Waals surface area contributed by atoms with Gasteiger partial charge in [0, 0.05) is 17.5 Å². The predicted octanol–water partition coefficient (Wildman–Crippen LogP) is 2.05. The van der Waals surface area contributed by atoms with Gasteiger partial charge >= 0.3 is 5.63 Å². The molecule has 132 valence electrons. The van der Waals surface area contributed by atoms with Crippen LogP contribution in [0.25, 0.3) is 11.0 Å². The van der Waals surface area contributed by atoms with Gasteiger partial charge in [-0.25, -0.2) is 4.79 Å². The number of likely N-dealkylation sites (N-methyl/N-ethyl adjacent to an activating group) is 1. The summed E-state index contributed by atoms with van der Waals surface area (Å²) in [5.74, 6) is 0. The van der Waals surface area contributed by atoms with Crippen LogP contribution in [0.2, 0.25) is 0 Å². The first-order chi connectivity index (χ1) is 11.0. The molecule has 2 atom stereocenters. The molecule has 0 amide bonds. The topological polar surface area (TPSA) is 73.9 Å². The highest BCUT2D eigenvalue weighted by molar-refractivity contribution is 5.86. The second-order valence-electron chi connectivity index (χ2n) is 6.55. The molecule has 0 radical (unpaired) electrons. The van der Waals surface area contributed by atoms with E-state index in [0.29, 0.717) is 17.7 Å². The number of hydrogen-bond donors (Lipinski definition) is 2. The van der Waals surface area contributed by atoms with Crippen LogP contribution in [0, 0.1) is 0 Å². The molecule has 6 heteroatoms. The van der Waals surface area contributed by atoms with Gasteiger partial charge in [-0.15, -0.1) is 12.4 Å². The molecule has 0 bridgehead atoms. The Morgan fingerprint density at radius 2 is 1.83 bits per heavy atom. The highest BCUT2D eigenvalue weighted by atomic mass is 35.5. The van der Waals surface area contributed by atoms with E-state index in [9.17, 15) is 15.0 Å². The molecule has 0 saturated heterocycles. The maximum Gasteiger partial charge on any atom is 0.339 e. The van der Waals surface area contributed by atoms with Crippen molar-refractivity contribution in [1.82, 2.24) is 4.90 Å². The zero-order valence-electron chi connectivity index (χ0n) is 14.0. The maximum absolute atomic E-state index is 12.2. The van der Waals surface area contributed by atoms with E-state index in [1.165, 1.54) is 0 Å². The van der Waals surface area contributed by atoms with Gasteiger partial charge in [0.2, 0.25) is 0 Å². The third-order valence-corrected chi connectivity index (χ3v) is 4.51. The van der Waals surface area contributed by atoms with E-state index in [1.54, 1.807) is 18.2 Å². The summed E-state index contributed by atoms with van der Waals surface area (Å²) in [5, 5.41) is 21.7. The Morgan fingerprint density at radius 1 is 1.17 bits per heavy atom. The van der Waals surface area contributed by atoms with Crippen LogP contribution in [0.4, 0.5) is 0 Å². The summed E-state index contributed by atoms with van der Waals surface area (Å²) < 4.78 is 5.45. The molecular formula is C18H24ClNO4. The normalized spacial score (nSPS) is 16.5. The Balaban J connectivity index is 0.00000208. The monoisotopic (exact) mass is 353 g/mol. The molecule has 0 fully saturated rings. The lowest BCUT2D eigenvalue weighted by Crippen LogP contribution is -2.31. The van der Waals surface area contributed by atoms with Crippen molar-refractivity contribution in [3.63, 3.8) is 0 Å². The first kappa shape index (κ1) is 18.9. The smallest absolute Gasteiger partial charge is 0.339 e. The van der Waals surface area contributed by atoms with Gasteiger partial charge in [0.15, 0.2) is 0 Å². The van der Waals surface area contributed by atoms with E-state index in [2.05, 4.69) is 0 Å². The van der Waals surface area contributed by atoms with Crippen molar-refractivity contribution in [1.29, 1.82) is 0 Å². The van der Waals surface area contributed by atoms with E-state index in [1.807, 2.05) is 19.0 Å². The summed E-state index contributed by atoms with van der Waals surface area (Å²) in [6, 6.07) is 5.31. The molecular weight excluding hydrogens is 330 g/mol. The maximum atomic E-state index is 12.2. The Bertz CT molecular complexity index is 771. The van der Waals surface area contributed by atoms with Crippen molar-refractivity contribution in [2.45, 2.75) is 37.9 Å². The van der Waals surface area contributed by atoms with Crippen molar-refractivity contribution in [2.75, 3.05) is 20.6 Å². The number of aryl methyl sites for hydroxylation is 1. The number of benzene rings is 1. The summed E-state index contributed by atoms with van der Waals surface area (Å²) in [4.78, 5) is 14.0. The lowest BCUT2D eigenvalue weighted by Gasteiger charge is -2.24. The lowest BCUT2D eigenvalue weighted by atomic mass is 9.87. The first-order valence-corrected chi connectivity index (χ1v) is 8.07. The molecule has 1 aliphatic rings. The quantitative estimate of drug-likeness (QED) is 0.823. The summed E-state index contributed by atoms with van der Waals surface area (Å²) in [5.41, 5.74) is 2.57. The molecule has 1 aromatic carbocycles. The third-order valence-electron chi connectivity index (χ3n) is 4.51. The fourth-order valence-corrected chi connectivity index (χ4v) is 3.45. The Labute approximate surface area is 147 Å². The molecule has 0 spiro atoms. The molecule has 0 saturated carbocycles. The van der Waals surface area contributed by atoms with Crippen molar-refractivity contribution < 1.29 is 14.6 Å². The van der Waals surface area contributed by atoms with Crippen LogP contribution in [-0.2, 0) is 12.8 Å². The summed E-state index contributed by atoms with van der Waals surface area (Å²) >= 11 is 0. The van der Waals surface area contributed by atoms with Gasteiger partial charge < -0.3 is 19.5 Å². The zero-order chi connectivity index (χ0) is 16.6. The fourth-order valence-electron chi connectivity index (χ4n) is 3.45. The third kappa shape index (κ3) is 3.49. The molecule has 5 nitrogen and oxygen atoms in total. The second-order valence-corrected chi connectivity index (χ2v) is 6.55. The Morgan fingerprint density at radius 3 is 2.50 bits per heavy atom. The first-order valence-electron chi connectivity index (χ1n) is 8.07. The average molecular weight is 354 g/mol. The standard InChI is InChI=1S/C18H23NO4.ClH/c1-19(2)10-14(20)17(21)13-8-5-9-15-16(13)11-6-3-4-7-12(11)18(22)23-15;/h5,8-9,14,17,20-21H,3-4,6-7,10H2,1-2H3;1H. The predicted molar refractivity (Wildman–Crippen MR) is 95.9 cm³/mol. The fraction of sp³-hybridized carbons (Fsp3) is 0.500. The van der Waals surface area contributed by atoms with Crippen molar-refractivity contribution in [3.05, 3.63) is 45.3 Å². The molecule has 3 rings (SSSR count). The number of aliphatic hydroxyl groups excluding tert-OH is 2. The minimum absolute atomic E-state index is 0. The molecule has 24 heavy (non-hydrogen) atoms. The van der Waals surface area contributed by atoms with E-state index in [4.69, 9.17) is 4.42 Å².